The van der Waals surface area contributed by atoms with Gasteiger partial charge in [-0.1, -0.05) is 50.2 Å². The first-order valence-electron chi connectivity index (χ1n) is 8.57. The molecule has 3 nitrogen and oxygen atoms in total. The largest absolute Gasteiger partial charge is 0.416 e. The number of carbonyl (C=O) groups is 1. The van der Waals surface area contributed by atoms with E-state index in [1.54, 1.807) is 13.0 Å². The van der Waals surface area contributed by atoms with Crippen LogP contribution in [0.1, 0.15) is 30.5 Å². The highest BCUT2D eigenvalue weighted by Gasteiger charge is 2.30. The number of hydrogen-bond acceptors (Lipinski definition) is 2. The SMILES string of the molecule is CCNCc1ccccc1NC(=O)C(C)Cc1cccc(C(F)(F)F)c1. The molecule has 1 amide bonds. The van der Waals surface area contributed by atoms with Gasteiger partial charge in [0.25, 0.3) is 0 Å². The molecule has 2 rings (SSSR count). The summed E-state index contributed by atoms with van der Waals surface area (Å²) < 4.78 is 38.4. The molecule has 6 heteroatoms. The number of nitrogens with one attached hydrogen (secondary N) is 2. The number of benzene rings is 2. The van der Waals surface area contributed by atoms with E-state index in [0.717, 1.165) is 24.2 Å². The molecule has 0 bridgehead atoms. The van der Waals surface area contributed by atoms with Crippen LogP contribution in [0.5, 0.6) is 0 Å². The third kappa shape index (κ3) is 5.59. The zero-order valence-electron chi connectivity index (χ0n) is 14.9. The van der Waals surface area contributed by atoms with E-state index in [1.165, 1.54) is 6.07 Å². The van der Waals surface area contributed by atoms with E-state index in [1.807, 2.05) is 31.2 Å². The third-order valence-electron chi connectivity index (χ3n) is 4.08. The van der Waals surface area contributed by atoms with Crippen LogP contribution in [0.25, 0.3) is 0 Å². The molecule has 0 heterocycles. The van der Waals surface area contributed by atoms with Crippen LogP contribution in [0.15, 0.2) is 48.5 Å². The lowest BCUT2D eigenvalue weighted by atomic mass is 9.98. The molecule has 0 fully saturated rings. The van der Waals surface area contributed by atoms with Crippen LogP contribution in [0.2, 0.25) is 0 Å². The van der Waals surface area contributed by atoms with E-state index in [4.69, 9.17) is 0 Å². The molecule has 0 aliphatic heterocycles. The molecule has 1 atom stereocenters. The number of carbonyl (C=O) groups excluding carboxylic acids is 1. The van der Waals surface area contributed by atoms with Gasteiger partial charge in [0.05, 0.1) is 5.56 Å². The second kappa shape index (κ2) is 8.85. The summed E-state index contributed by atoms with van der Waals surface area (Å²) in [6, 6.07) is 12.6. The Morgan fingerprint density at radius 3 is 2.54 bits per heavy atom. The van der Waals surface area contributed by atoms with Gasteiger partial charge in [-0.15, -0.1) is 0 Å². The Kier molecular flexibility index (Phi) is 6.80. The molecule has 0 radical (unpaired) electrons. The molecule has 2 aromatic rings. The zero-order chi connectivity index (χ0) is 19.2. The Labute approximate surface area is 151 Å². The molecule has 26 heavy (non-hydrogen) atoms. The molecule has 2 aromatic carbocycles. The van der Waals surface area contributed by atoms with E-state index in [-0.39, 0.29) is 12.3 Å². The van der Waals surface area contributed by atoms with Crippen molar-refractivity contribution in [2.75, 3.05) is 11.9 Å². The Morgan fingerprint density at radius 2 is 1.85 bits per heavy atom. The number of anilines is 1. The van der Waals surface area contributed by atoms with E-state index in [0.29, 0.717) is 17.8 Å². The van der Waals surface area contributed by atoms with Crippen LogP contribution < -0.4 is 10.6 Å². The minimum atomic E-state index is -4.38. The van der Waals surface area contributed by atoms with Gasteiger partial charge in [-0.3, -0.25) is 4.79 Å². The molecule has 2 N–H and O–H groups in total. The maximum absolute atomic E-state index is 12.8. The van der Waals surface area contributed by atoms with Crippen molar-refractivity contribution in [3.63, 3.8) is 0 Å². The third-order valence-corrected chi connectivity index (χ3v) is 4.08. The van der Waals surface area contributed by atoms with Crippen LogP contribution in [-0.4, -0.2) is 12.5 Å². The average molecular weight is 364 g/mol. The molecule has 0 aromatic heterocycles. The number of para-hydroxylation sites is 1. The van der Waals surface area contributed by atoms with Crippen LogP contribution in [0.3, 0.4) is 0 Å². The zero-order valence-corrected chi connectivity index (χ0v) is 14.9. The van der Waals surface area contributed by atoms with Crippen molar-refractivity contribution in [2.24, 2.45) is 5.92 Å². The van der Waals surface area contributed by atoms with E-state index >= 15 is 0 Å². The molecule has 0 saturated heterocycles. The smallest absolute Gasteiger partial charge is 0.326 e. The molecule has 0 aliphatic carbocycles. The fraction of sp³-hybridized carbons (Fsp3) is 0.350. The van der Waals surface area contributed by atoms with Gasteiger partial charge in [0.1, 0.15) is 0 Å². The maximum Gasteiger partial charge on any atom is 0.416 e. The first kappa shape index (κ1) is 20.0. The molecular formula is C20H23F3N2O. The van der Waals surface area contributed by atoms with Crippen molar-refractivity contribution in [1.29, 1.82) is 0 Å². The second-order valence-corrected chi connectivity index (χ2v) is 6.23. The number of alkyl halides is 3. The lowest BCUT2D eigenvalue weighted by Crippen LogP contribution is -2.23. The van der Waals surface area contributed by atoms with Crippen molar-refractivity contribution in [1.82, 2.24) is 5.32 Å². The van der Waals surface area contributed by atoms with Crippen LogP contribution in [-0.2, 0) is 23.9 Å². The minimum absolute atomic E-state index is 0.216. The van der Waals surface area contributed by atoms with E-state index in [2.05, 4.69) is 10.6 Å². The summed E-state index contributed by atoms with van der Waals surface area (Å²) in [6.07, 6.45) is -4.14. The summed E-state index contributed by atoms with van der Waals surface area (Å²) in [7, 11) is 0. The predicted octanol–water partition coefficient (Wildman–Crippen LogP) is 4.63. The first-order valence-corrected chi connectivity index (χ1v) is 8.57. The Hall–Kier alpha value is -2.34. The number of halogens is 3. The minimum Gasteiger partial charge on any atom is -0.326 e. The number of amides is 1. The highest BCUT2D eigenvalue weighted by atomic mass is 19.4. The fourth-order valence-corrected chi connectivity index (χ4v) is 2.63. The molecule has 0 aliphatic rings. The summed E-state index contributed by atoms with van der Waals surface area (Å²) in [4.78, 5) is 12.5. The summed E-state index contributed by atoms with van der Waals surface area (Å²) in [5.41, 5.74) is 1.48. The van der Waals surface area contributed by atoms with Gasteiger partial charge in [-0.2, -0.15) is 13.2 Å². The van der Waals surface area contributed by atoms with Crippen molar-refractivity contribution in [3.8, 4) is 0 Å². The van der Waals surface area contributed by atoms with Crippen LogP contribution >= 0.6 is 0 Å². The topological polar surface area (TPSA) is 41.1 Å². The number of rotatable bonds is 7. The lowest BCUT2D eigenvalue weighted by Gasteiger charge is -2.16. The van der Waals surface area contributed by atoms with Gasteiger partial charge in [-0.05, 0) is 36.2 Å². The van der Waals surface area contributed by atoms with E-state index in [9.17, 15) is 18.0 Å². The van der Waals surface area contributed by atoms with E-state index < -0.39 is 17.7 Å². The standard InChI is InChI=1S/C20H23F3N2O/c1-3-24-13-16-8-4-5-10-18(16)25-19(26)14(2)11-15-7-6-9-17(12-15)20(21,22)23/h4-10,12,14,24H,3,11,13H2,1-2H3,(H,25,26). The Bertz CT molecular complexity index is 744. The monoisotopic (exact) mass is 364 g/mol. The summed E-state index contributed by atoms with van der Waals surface area (Å²) in [5, 5.41) is 6.09. The molecule has 0 spiro atoms. The van der Waals surface area contributed by atoms with Crippen molar-refractivity contribution in [3.05, 3.63) is 65.2 Å². The highest BCUT2D eigenvalue weighted by Crippen LogP contribution is 2.30. The summed E-state index contributed by atoms with van der Waals surface area (Å²) >= 11 is 0. The maximum atomic E-state index is 12.8. The molecule has 0 saturated carbocycles. The average Bonchev–Trinajstić information content (AvgIpc) is 2.60. The Morgan fingerprint density at radius 1 is 1.12 bits per heavy atom. The van der Waals surface area contributed by atoms with Crippen molar-refractivity contribution in [2.45, 2.75) is 33.0 Å². The fourth-order valence-electron chi connectivity index (χ4n) is 2.63. The van der Waals surface area contributed by atoms with Gasteiger partial charge in [0, 0.05) is 18.2 Å². The van der Waals surface area contributed by atoms with Gasteiger partial charge >= 0.3 is 6.18 Å². The van der Waals surface area contributed by atoms with Crippen LogP contribution in [0, 0.1) is 5.92 Å². The quantitative estimate of drug-likeness (QED) is 0.752. The van der Waals surface area contributed by atoms with Crippen molar-refractivity contribution >= 4 is 11.6 Å². The van der Waals surface area contributed by atoms with Crippen molar-refractivity contribution < 1.29 is 18.0 Å². The molecule has 140 valence electrons. The molecular weight excluding hydrogens is 341 g/mol. The first-order chi connectivity index (χ1) is 12.3. The summed E-state index contributed by atoms with van der Waals surface area (Å²) in [5.74, 6) is -0.669. The number of hydrogen-bond donors (Lipinski definition) is 2. The molecule has 1 unspecified atom stereocenters. The van der Waals surface area contributed by atoms with Gasteiger partial charge < -0.3 is 10.6 Å². The lowest BCUT2D eigenvalue weighted by molar-refractivity contribution is -0.137. The van der Waals surface area contributed by atoms with Gasteiger partial charge in [0.2, 0.25) is 5.91 Å². The Balaban J connectivity index is 2.05. The normalized spacial score (nSPS) is 12.7. The van der Waals surface area contributed by atoms with Crippen LogP contribution in [0.4, 0.5) is 18.9 Å². The highest BCUT2D eigenvalue weighted by molar-refractivity contribution is 5.93. The van der Waals surface area contributed by atoms with Gasteiger partial charge in [0.15, 0.2) is 0 Å². The second-order valence-electron chi connectivity index (χ2n) is 6.23. The summed E-state index contributed by atoms with van der Waals surface area (Å²) in [6.45, 7) is 5.16. The van der Waals surface area contributed by atoms with Gasteiger partial charge in [-0.25, -0.2) is 0 Å². The predicted molar refractivity (Wildman–Crippen MR) is 96.8 cm³/mol.